The average Bonchev–Trinajstić information content (AvgIpc) is 2.84. The van der Waals surface area contributed by atoms with Crippen molar-refractivity contribution in [3.8, 4) is 0 Å². The van der Waals surface area contributed by atoms with Gasteiger partial charge >= 0.3 is 0 Å². The molecule has 0 aliphatic carbocycles. The monoisotopic (exact) mass is 196 g/mol. The van der Waals surface area contributed by atoms with Gasteiger partial charge in [0.15, 0.2) is 0 Å². The van der Waals surface area contributed by atoms with Crippen molar-refractivity contribution in [3.05, 3.63) is 12.7 Å². The molecule has 14 heavy (non-hydrogen) atoms. The van der Waals surface area contributed by atoms with E-state index >= 15 is 0 Å². The Labute approximate surface area is 84.0 Å². The Morgan fingerprint density at radius 3 is 2.86 bits per heavy atom. The van der Waals surface area contributed by atoms with E-state index in [0.29, 0.717) is 12.7 Å². The van der Waals surface area contributed by atoms with E-state index in [4.69, 9.17) is 14.2 Å². The second-order valence-corrected chi connectivity index (χ2v) is 4.89. The molecule has 3 aliphatic heterocycles. The minimum atomic E-state index is -0.220. The van der Waals surface area contributed by atoms with Crippen molar-refractivity contribution in [3.63, 3.8) is 0 Å². The molecule has 0 aromatic rings. The Bertz CT molecular complexity index is 290. The Hall–Kier alpha value is -0.380. The molecule has 3 nitrogen and oxygen atoms in total. The van der Waals surface area contributed by atoms with E-state index in [2.05, 4.69) is 20.4 Å². The van der Waals surface area contributed by atoms with Gasteiger partial charge in [0.2, 0.25) is 0 Å². The van der Waals surface area contributed by atoms with Crippen molar-refractivity contribution in [2.24, 2.45) is 0 Å². The van der Waals surface area contributed by atoms with Crippen LogP contribution in [-0.2, 0) is 14.2 Å². The molecular weight excluding hydrogens is 180 g/mol. The van der Waals surface area contributed by atoms with E-state index in [-0.39, 0.29) is 23.4 Å². The van der Waals surface area contributed by atoms with E-state index in [1.165, 1.54) is 0 Å². The molecule has 3 rings (SSSR count). The Balaban J connectivity index is 1.81. The zero-order valence-corrected chi connectivity index (χ0v) is 8.66. The quantitative estimate of drug-likeness (QED) is 0.503. The molecule has 5 unspecified atom stereocenters. The van der Waals surface area contributed by atoms with Crippen molar-refractivity contribution >= 4 is 0 Å². The molecule has 3 aliphatic rings. The highest BCUT2D eigenvalue weighted by atomic mass is 16.7. The molecule has 0 N–H and O–H groups in total. The molecule has 0 radical (unpaired) electrons. The van der Waals surface area contributed by atoms with Gasteiger partial charge in [0.1, 0.15) is 17.8 Å². The molecule has 0 saturated carbocycles. The second-order valence-electron chi connectivity index (χ2n) is 4.89. The first-order valence-corrected chi connectivity index (χ1v) is 5.18. The van der Waals surface area contributed by atoms with Crippen LogP contribution < -0.4 is 0 Å². The Morgan fingerprint density at radius 2 is 2.29 bits per heavy atom. The second kappa shape index (κ2) is 2.40. The maximum atomic E-state index is 6.03. The highest BCUT2D eigenvalue weighted by molar-refractivity contribution is 5.24. The summed E-state index contributed by atoms with van der Waals surface area (Å²) < 4.78 is 17.4. The first kappa shape index (κ1) is 8.89. The predicted molar refractivity (Wildman–Crippen MR) is 51.1 cm³/mol. The van der Waals surface area contributed by atoms with Crippen LogP contribution in [0, 0.1) is 0 Å². The smallest absolute Gasteiger partial charge is 0.121 e. The molecule has 3 saturated heterocycles. The zero-order valence-electron chi connectivity index (χ0n) is 8.66. The van der Waals surface area contributed by atoms with Crippen LogP contribution in [0.4, 0.5) is 0 Å². The van der Waals surface area contributed by atoms with Crippen molar-refractivity contribution in [2.75, 3.05) is 6.61 Å². The van der Waals surface area contributed by atoms with E-state index in [1.807, 2.05) is 0 Å². The summed E-state index contributed by atoms with van der Waals surface area (Å²) in [6, 6.07) is 0. The minimum absolute atomic E-state index is 0.106. The topological polar surface area (TPSA) is 31.0 Å². The van der Waals surface area contributed by atoms with Crippen molar-refractivity contribution < 1.29 is 14.2 Å². The summed E-state index contributed by atoms with van der Waals surface area (Å²) in [5, 5.41) is 0. The fourth-order valence-corrected chi connectivity index (χ4v) is 3.02. The van der Waals surface area contributed by atoms with Crippen LogP contribution in [0.3, 0.4) is 0 Å². The molecule has 0 aromatic heterocycles. The van der Waals surface area contributed by atoms with E-state index in [9.17, 15) is 0 Å². The largest absolute Gasteiger partial charge is 0.371 e. The van der Waals surface area contributed by atoms with Gasteiger partial charge in [0, 0.05) is 6.42 Å². The summed E-state index contributed by atoms with van der Waals surface area (Å²) in [7, 11) is 0. The van der Waals surface area contributed by atoms with Gasteiger partial charge in [-0.25, -0.2) is 0 Å². The summed E-state index contributed by atoms with van der Waals surface area (Å²) in [5.74, 6) is 0. The fourth-order valence-electron chi connectivity index (χ4n) is 3.02. The van der Waals surface area contributed by atoms with Gasteiger partial charge in [-0.2, -0.15) is 0 Å². The van der Waals surface area contributed by atoms with Crippen molar-refractivity contribution in [1.29, 1.82) is 0 Å². The SMILES string of the molecule is C=CCOC1CC2(C)OC1(C)C1OC12. The first-order chi connectivity index (χ1) is 6.60. The van der Waals surface area contributed by atoms with Crippen LogP contribution in [0.5, 0.6) is 0 Å². The molecule has 2 bridgehead atoms. The average molecular weight is 196 g/mol. The molecule has 78 valence electrons. The molecule has 3 fully saturated rings. The molecule has 3 heterocycles. The van der Waals surface area contributed by atoms with Crippen LogP contribution in [0.15, 0.2) is 12.7 Å². The van der Waals surface area contributed by atoms with Crippen molar-refractivity contribution in [2.45, 2.75) is 49.8 Å². The maximum absolute atomic E-state index is 6.03. The highest BCUT2D eigenvalue weighted by Gasteiger charge is 2.77. The molecule has 5 atom stereocenters. The summed E-state index contributed by atoms with van der Waals surface area (Å²) in [6.07, 6.45) is 3.46. The minimum Gasteiger partial charge on any atom is -0.371 e. The van der Waals surface area contributed by atoms with Crippen molar-refractivity contribution in [1.82, 2.24) is 0 Å². The number of hydrogen-bond acceptors (Lipinski definition) is 3. The summed E-state index contributed by atoms with van der Waals surface area (Å²) in [6.45, 7) is 8.48. The molecule has 0 aromatic carbocycles. The third kappa shape index (κ3) is 0.879. The molecule has 3 heteroatoms. The van der Waals surface area contributed by atoms with Crippen LogP contribution in [0.1, 0.15) is 20.3 Å². The number of hydrogen-bond donors (Lipinski definition) is 0. The lowest BCUT2D eigenvalue weighted by molar-refractivity contribution is -0.123. The van der Waals surface area contributed by atoms with Gasteiger partial charge in [-0.15, -0.1) is 6.58 Å². The van der Waals surface area contributed by atoms with Crippen LogP contribution in [-0.4, -0.2) is 36.1 Å². The summed E-state index contributed by atoms with van der Waals surface area (Å²) in [5.41, 5.74) is -0.326. The zero-order chi connectivity index (χ0) is 9.97. The standard InChI is InChI=1S/C11H16O3/c1-4-5-12-7-6-10(2)8-9(13-8)11(7,3)14-10/h4,7-9H,1,5-6H2,2-3H3. The van der Waals surface area contributed by atoms with E-state index < -0.39 is 0 Å². The normalized spacial score (nSPS) is 58.6. The number of ether oxygens (including phenoxy) is 3. The van der Waals surface area contributed by atoms with Gasteiger partial charge < -0.3 is 14.2 Å². The first-order valence-electron chi connectivity index (χ1n) is 5.18. The molecule has 0 amide bonds. The third-order valence-corrected chi connectivity index (χ3v) is 3.76. The molecule has 0 spiro atoms. The van der Waals surface area contributed by atoms with Gasteiger partial charge in [0.05, 0.1) is 18.3 Å². The van der Waals surface area contributed by atoms with E-state index in [1.54, 1.807) is 6.08 Å². The van der Waals surface area contributed by atoms with Crippen LogP contribution in [0.25, 0.3) is 0 Å². The molecular formula is C11H16O3. The van der Waals surface area contributed by atoms with Gasteiger partial charge in [0.25, 0.3) is 0 Å². The van der Waals surface area contributed by atoms with Crippen LogP contribution in [0.2, 0.25) is 0 Å². The lowest BCUT2D eigenvalue weighted by Gasteiger charge is -2.27. The Kier molecular flexibility index (Phi) is 1.53. The number of rotatable bonds is 3. The Morgan fingerprint density at radius 1 is 1.50 bits per heavy atom. The lowest BCUT2D eigenvalue weighted by atomic mass is 9.82. The number of fused-ring (bicyclic) bond motifs is 5. The summed E-state index contributed by atoms with van der Waals surface area (Å²) in [4.78, 5) is 0. The fraction of sp³-hybridized carbons (Fsp3) is 0.818. The van der Waals surface area contributed by atoms with Gasteiger partial charge in [-0.05, 0) is 13.8 Å². The van der Waals surface area contributed by atoms with Crippen LogP contribution >= 0.6 is 0 Å². The maximum Gasteiger partial charge on any atom is 0.121 e. The predicted octanol–water partition coefficient (Wildman–Crippen LogP) is 1.28. The highest BCUT2D eigenvalue weighted by Crippen LogP contribution is 2.61. The van der Waals surface area contributed by atoms with E-state index in [0.717, 1.165) is 6.42 Å². The lowest BCUT2D eigenvalue weighted by Crippen LogP contribution is -2.43. The van der Waals surface area contributed by atoms with Gasteiger partial charge in [-0.3, -0.25) is 0 Å². The number of epoxide rings is 1. The third-order valence-electron chi connectivity index (χ3n) is 3.76. The summed E-state index contributed by atoms with van der Waals surface area (Å²) >= 11 is 0. The van der Waals surface area contributed by atoms with Gasteiger partial charge in [-0.1, -0.05) is 6.08 Å².